The molecule has 3 nitrogen and oxygen atoms in total. The highest BCUT2D eigenvalue weighted by Gasteiger charge is 2.25. The fraction of sp³-hybridized carbons (Fsp3) is 0.583. The van der Waals surface area contributed by atoms with Crippen molar-refractivity contribution in [1.29, 1.82) is 0 Å². The molecule has 1 aromatic heterocycles. The molecule has 4 heteroatoms. The highest BCUT2D eigenvalue weighted by molar-refractivity contribution is 6.33. The van der Waals surface area contributed by atoms with Gasteiger partial charge in [-0.15, -0.1) is 0 Å². The molecule has 0 radical (unpaired) electrons. The number of rotatable bonds is 1. The van der Waals surface area contributed by atoms with Gasteiger partial charge in [-0.2, -0.15) is 0 Å². The zero-order valence-electron chi connectivity index (χ0n) is 9.78. The van der Waals surface area contributed by atoms with Gasteiger partial charge in [0.1, 0.15) is 5.82 Å². The minimum absolute atomic E-state index is 0.504. The maximum atomic E-state index is 6.19. The predicted molar refractivity (Wildman–Crippen MR) is 68.9 cm³/mol. The number of hydrogen-bond acceptors (Lipinski definition) is 3. The van der Waals surface area contributed by atoms with Gasteiger partial charge in [0.15, 0.2) is 0 Å². The van der Waals surface area contributed by atoms with Crippen molar-refractivity contribution in [2.45, 2.75) is 32.7 Å². The average Bonchev–Trinajstić information content (AvgIpc) is 2.22. The number of hydrogen-bond donors (Lipinski definition) is 1. The quantitative estimate of drug-likeness (QED) is 0.820. The van der Waals surface area contributed by atoms with Gasteiger partial charge in [0.2, 0.25) is 0 Å². The van der Waals surface area contributed by atoms with Gasteiger partial charge < -0.3 is 10.6 Å². The van der Waals surface area contributed by atoms with Gasteiger partial charge >= 0.3 is 0 Å². The van der Waals surface area contributed by atoms with Crippen LogP contribution in [-0.2, 0) is 0 Å². The summed E-state index contributed by atoms with van der Waals surface area (Å²) in [5.41, 5.74) is 6.27. The Labute approximate surface area is 102 Å². The summed E-state index contributed by atoms with van der Waals surface area (Å²) in [4.78, 5) is 6.64. The number of aromatic nitrogens is 1. The lowest BCUT2D eigenvalue weighted by molar-refractivity contribution is 0.388. The molecule has 2 heterocycles. The fourth-order valence-corrected chi connectivity index (χ4v) is 2.52. The van der Waals surface area contributed by atoms with E-state index in [-0.39, 0.29) is 0 Å². The van der Waals surface area contributed by atoms with Gasteiger partial charge in [0.25, 0.3) is 0 Å². The highest BCUT2D eigenvalue weighted by Crippen LogP contribution is 2.31. The van der Waals surface area contributed by atoms with E-state index >= 15 is 0 Å². The van der Waals surface area contributed by atoms with Crippen molar-refractivity contribution in [1.82, 2.24) is 4.98 Å². The maximum absolute atomic E-state index is 6.19. The van der Waals surface area contributed by atoms with Crippen LogP contribution in [0.4, 0.5) is 11.5 Å². The summed E-state index contributed by atoms with van der Waals surface area (Å²) in [5, 5.41) is 0.654. The Kier molecular flexibility index (Phi) is 3.24. The van der Waals surface area contributed by atoms with Crippen molar-refractivity contribution >= 4 is 23.1 Å². The van der Waals surface area contributed by atoms with Crippen LogP contribution in [0.15, 0.2) is 12.3 Å². The molecule has 2 N–H and O–H groups in total. The first-order chi connectivity index (χ1) is 7.58. The summed E-state index contributed by atoms with van der Waals surface area (Å²) in [6.45, 7) is 5.52. The van der Waals surface area contributed by atoms with Crippen molar-refractivity contribution in [2.75, 3.05) is 17.2 Å². The van der Waals surface area contributed by atoms with Crippen molar-refractivity contribution < 1.29 is 0 Å². The van der Waals surface area contributed by atoms with Crippen LogP contribution in [0.25, 0.3) is 0 Å². The van der Waals surface area contributed by atoms with Crippen LogP contribution in [0.1, 0.15) is 26.7 Å². The normalized spacial score (nSPS) is 25.8. The molecule has 1 aliphatic rings. The van der Waals surface area contributed by atoms with E-state index in [0.29, 0.717) is 22.7 Å². The largest absolute Gasteiger partial charge is 0.397 e. The minimum Gasteiger partial charge on any atom is -0.397 e. The first kappa shape index (κ1) is 11.5. The van der Waals surface area contributed by atoms with E-state index < -0.39 is 0 Å². The first-order valence-electron chi connectivity index (χ1n) is 5.75. The molecule has 1 saturated heterocycles. The van der Waals surface area contributed by atoms with Crippen molar-refractivity contribution in [3.8, 4) is 0 Å². The maximum Gasteiger partial charge on any atom is 0.147 e. The summed E-state index contributed by atoms with van der Waals surface area (Å²) in [6, 6.07) is 2.28. The third-order valence-corrected chi connectivity index (χ3v) is 3.51. The molecular formula is C12H18ClN3. The molecule has 2 atom stereocenters. The average molecular weight is 240 g/mol. The summed E-state index contributed by atoms with van der Waals surface area (Å²) in [7, 11) is 0. The van der Waals surface area contributed by atoms with E-state index in [1.54, 1.807) is 12.3 Å². The number of anilines is 2. The van der Waals surface area contributed by atoms with Gasteiger partial charge in [-0.1, -0.05) is 18.5 Å². The number of pyridine rings is 1. The standard InChI is InChI=1S/C12H18ClN3/c1-8-3-4-9(2)16(7-8)12-11(13)5-10(14)6-15-12/h5-6,8-9H,3-4,7,14H2,1-2H3. The Morgan fingerprint density at radius 3 is 2.88 bits per heavy atom. The number of halogens is 1. The van der Waals surface area contributed by atoms with Crippen molar-refractivity contribution in [2.24, 2.45) is 5.92 Å². The third-order valence-electron chi connectivity index (χ3n) is 3.23. The van der Waals surface area contributed by atoms with Crippen molar-refractivity contribution in [3.63, 3.8) is 0 Å². The Morgan fingerprint density at radius 1 is 1.44 bits per heavy atom. The molecule has 0 aliphatic carbocycles. The second-order valence-corrected chi connectivity index (χ2v) is 5.17. The second kappa shape index (κ2) is 4.50. The third kappa shape index (κ3) is 2.24. The second-order valence-electron chi connectivity index (χ2n) is 4.76. The molecule has 1 aliphatic heterocycles. The topological polar surface area (TPSA) is 42.2 Å². The fourth-order valence-electron chi connectivity index (χ4n) is 2.24. The van der Waals surface area contributed by atoms with Crippen LogP contribution in [0.5, 0.6) is 0 Å². The molecule has 0 aromatic carbocycles. The molecule has 16 heavy (non-hydrogen) atoms. The Hall–Kier alpha value is -0.960. The molecule has 0 bridgehead atoms. The molecule has 0 saturated carbocycles. The Morgan fingerprint density at radius 2 is 2.19 bits per heavy atom. The Balaban J connectivity index is 2.28. The molecular weight excluding hydrogens is 222 g/mol. The highest BCUT2D eigenvalue weighted by atomic mass is 35.5. The van der Waals surface area contributed by atoms with E-state index in [4.69, 9.17) is 17.3 Å². The van der Waals surface area contributed by atoms with Gasteiger partial charge in [0.05, 0.1) is 16.9 Å². The van der Waals surface area contributed by atoms with Crippen LogP contribution < -0.4 is 10.6 Å². The monoisotopic (exact) mass is 239 g/mol. The number of nitrogens with two attached hydrogens (primary N) is 1. The van der Waals surface area contributed by atoms with Crippen LogP contribution in [0, 0.1) is 5.92 Å². The summed E-state index contributed by atoms with van der Waals surface area (Å²) >= 11 is 6.19. The van der Waals surface area contributed by atoms with Gasteiger partial charge in [-0.25, -0.2) is 4.98 Å². The van der Waals surface area contributed by atoms with Crippen molar-refractivity contribution in [3.05, 3.63) is 17.3 Å². The zero-order valence-corrected chi connectivity index (χ0v) is 10.5. The summed E-state index contributed by atoms with van der Waals surface area (Å²) < 4.78 is 0. The van der Waals surface area contributed by atoms with E-state index in [2.05, 4.69) is 23.7 Å². The van der Waals surface area contributed by atoms with Gasteiger partial charge in [-0.3, -0.25) is 0 Å². The van der Waals surface area contributed by atoms with Crippen LogP contribution in [-0.4, -0.2) is 17.6 Å². The summed E-state index contributed by atoms with van der Waals surface area (Å²) in [5.74, 6) is 1.57. The van der Waals surface area contributed by atoms with Crippen LogP contribution in [0.3, 0.4) is 0 Å². The van der Waals surface area contributed by atoms with Gasteiger partial charge in [-0.05, 0) is 31.7 Å². The SMILES string of the molecule is CC1CCC(C)N(c2ncc(N)cc2Cl)C1. The number of nitrogen functional groups attached to an aromatic ring is 1. The zero-order chi connectivity index (χ0) is 11.7. The van der Waals surface area contributed by atoms with E-state index in [0.717, 1.165) is 12.4 Å². The predicted octanol–water partition coefficient (Wildman–Crippen LogP) is 2.94. The van der Waals surface area contributed by atoms with Gasteiger partial charge in [0, 0.05) is 12.6 Å². The Bertz CT molecular complexity index is 381. The molecule has 1 aromatic rings. The first-order valence-corrected chi connectivity index (χ1v) is 6.13. The molecule has 0 spiro atoms. The lowest BCUT2D eigenvalue weighted by Gasteiger charge is -2.38. The number of piperidine rings is 1. The number of nitrogens with zero attached hydrogens (tertiary/aromatic N) is 2. The lowest BCUT2D eigenvalue weighted by atomic mass is 9.95. The van der Waals surface area contributed by atoms with E-state index in [1.807, 2.05) is 0 Å². The molecule has 88 valence electrons. The smallest absolute Gasteiger partial charge is 0.147 e. The van der Waals surface area contributed by atoms with E-state index in [9.17, 15) is 0 Å². The minimum atomic E-state index is 0.504. The molecule has 0 amide bonds. The molecule has 2 rings (SSSR count). The van der Waals surface area contributed by atoms with Crippen LogP contribution in [0.2, 0.25) is 5.02 Å². The summed E-state index contributed by atoms with van der Waals surface area (Å²) in [6.07, 6.45) is 4.15. The van der Waals surface area contributed by atoms with E-state index in [1.165, 1.54) is 12.8 Å². The molecule has 1 fully saturated rings. The lowest BCUT2D eigenvalue weighted by Crippen LogP contribution is -2.41. The molecule has 2 unspecified atom stereocenters. The van der Waals surface area contributed by atoms with Crippen LogP contribution >= 0.6 is 11.6 Å².